The number of amides is 1. The lowest BCUT2D eigenvalue weighted by molar-refractivity contribution is -0.119. The maximum absolute atomic E-state index is 11.8. The van der Waals surface area contributed by atoms with E-state index in [2.05, 4.69) is 26.6 Å². The Hall–Kier alpha value is -0.330. The Morgan fingerprint density at radius 1 is 1.58 bits per heavy atom. The Labute approximate surface area is 131 Å². The van der Waals surface area contributed by atoms with Crippen LogP contribution < -0.4 is 10.6 Å². The topological polar surface area (TPSA) is 50.4 Å². The van der Waals surface area contributed by atoms with Crippen molar-refractivity contribution in [1.82, 2.24) is 5.32 Å². The first-order valence-corrected chi connectivity index (χ1v) is 6.89. The summed E-state index contributed by atoms with van der Waals surface area (Å²) in [4.78, 5) is 11.8. The molecule has 1 aliphatic heterocycles. The van der Waals surface area contributed by atoms with E-state index in [0.29, 0.717) is 18.1 Å². The third kappa shape index (κ3) is 5.28. The Balaban J connectivity index is 0.00000180. The van der Waals surface area contributed by atoms with Crippen molar-refractivity contribution < 1.29 is 9.53 Å². The quantitative estimate of drug-likeness (QED) is 0.861. The lowest BCUT2D eigenvalue weighted by Gasteiger charge is -2.23. The number of benzene rings is 1. The van der Waals surface area contributed by atoms with Gasteiger partial charge in [0, 0.05) is 23.2 Å². The summed E-state index contributed by atoms with van der Waals surface area (Å²) in [6, 6.07) is 5.28. The minimum Gasteiger partial charge on any atom is -0.375 e. The van der Waals surface area contributed by atoms with E-state index in [-0.39, 0.29) is 24.4 Å². The SMILES string of the molecule is Cl.O=C(CC1CNCCO1)Nc1ccc(Cl)c(Br)c1. The van der Waals surface area contributed by atoms with Gasteiger partial charge in [-0.1, -0.05) is 11.6 Å². The molecule has 1 unspecified atom stereocenters. The molecule has 1 amide bonds. The highest BCUT2D eigenvalue weighted by atomic mass is 79.9. The van der Waals surface area contributed by atoms with Gasteiger partial charge < -0.3 is 15.4 Å². The number of carbonyl (C=O) groups is 1. The molecule has 7 heteroatoms. The molecular weight excluding hydrogens is 355 g/mol. The van der Waals surface area contributed by atoms with Crippen LogP contribution in [0.15, 0.2) is 22.7 Å². The number of hydrogen-bond acceptors (Lipinski definition) is 3. The molecule has 0 aliphatic carbocycles. The lowest BCUT2D eigenvalue weighted by Crippen LogP contribution is -2.40. The van der Waals surface area contributed by atoms with Crippen LogP contribution in [-0.2, 0) is 9.53 Å². The number of halogens is 3. The van der Waals surface area contributed by atoms with Crippen LogP contribution in [0.5, 0.6) is 0 Å². The van der Waals surface area contributed by atoms with Crippen molar-refractivity contribution in [1.29, 1.82) is 0 Å². The summed E-state index contributed by atoms with van der Waals surface area (Å²) in [7, 11) is 0. The summed E-state index contributed by atoms with van der Waals surface area (Å²) in [6.07, 6.45) is 0.308. The summed E-state index contributed by atoms with van der Waals surface area (Å²) in [5, 5.41) is 6.63. The second-order valence-corrected chi connectivity index (χ2v) is 5.34. The Morgan fingerprint density at radius 3 is 3.00 bits per heavy atom. The lowest BCUT2D eigenvalue weighted by atomic mass is 10.2. The molecule has 0 spiro atoms. The van der Waals surface area contributed by atoms with E-state index in [4.69, 9.17) is 16.3 Å². The van der Waals surface area contributed by atoms with E-state index >= 15 is 0 Å². The van der Waals surface area contributed by atoms with E-state index < -0.39 is 0 Å². The molecule has 0 saturated carbocycles. The first kappa shape index (κ1) is 16.7. The van der Waals surface area contributed by atoms with E-state index in [9.17, 15) is 4.79 Å². The molecular formula is C12H15BrCl2N2O2. The van der Waals surface area contributed by atoms with Crippen molar-refractivity contribution in [3.8, 4) is 0 Å². The molecule has 1 atom stereocenters. The van der Waals surface area contributed by atoms with Gasteiger partial charge in [-0.3, -0.25) is 4.79 Å². The second kappa shape index (κ2) is 8.07. The number of ether oxygens (including phenoxy) is 1. The fraction of sp³-hybridized carbons (Fsp3) is 0.417. The zero-order chi connectivity index (χ0) is 13.0. The fourth-order valence-electron chi connectivity index (χ4n) is 1.74. The molecule has 0 bridgehead atoms. The van der Waals surface area contributed by atoms with Gasteiger partial charge in [0.2, 0.25) is 5.91 Å². The highest BCUT2D eigenvalue weighted by molar-refractivity contribution is 9.10. The van der Waals surface area contributed by atoms with Crippen LogP contribution in [0.2, 0.25) is 5.02 Å². The maximum Gasteiger partial charge on any atom is 0.227 e. The monoisotopic (exact) mass is 368 g/mol. The third-order valence-corrected chi connectivity index (χ3v) is 3.83. The number of rotatable bonds is 3. The molecule has 1 aromatic rings. The normalized spacial score (nSPS) is 18.5. The van der Waals surface area contributed by atoms with Crippen LogP contribution >= 0.6 is 39.9 Å². The Morgan fingerprint density at radius 2 is 2.37 bits per heavy atom. The summed E-state index contributed by atoms with van der Waals surface area (Å²) < 4.78 is 6.24. The second-order valence-electron chi connectivity index (χ2n) is 4.08. The van der Waals surface area contributed by atoms with Gasteiger partial charge >= 0.3 is 0 Å². The highest BCUT2D eigenvalue weighted by Crippen LogP contribution is 2.25. The molecule has 0 radical (unpaired) electrons. The largest absolute Gasteiger partial charge is 0.375 e. The summed E-state index contributed by atoms with van der Waals surface area (Å²) in [6.45, 7) is 2.23. The Bertz CT molecular complexity index is 440. The van der Waals surface area contributed by atoms with Gasteiger partial charge in [0.1, 0.15) is 0 Å². The third-order valence-electron chi connectivity index (χ3n) is 2.62. The van der Waals surface area contributed by atoms with E-state index in [1.165, 1.54) is 0 Å². The average Bonchev–Trinajstić information content (AvgIpc) is 2.35. The molecule has 1 heterocycles. The molecule has 4 nitrogen and oxygen atoms in total. The molecule has 1 aromatic carbocycles. The molecule has 1 saturated heterocycles. The zero-order valence-corrected chi connectivity index (χ0v) is 13.3. The van der Waals surface area contributed by atoms with Gasteiger partial charge in [-0.05, 0) is 34.1 Å². The molecule has 19 heavy (non-hydrogen) atoms. The molecule has 1 fully saturated rings. The standard InChI is InChI=1S/C12H14BrClN2O2.ClH/c13-10-5-8(1-2-11(10)14)16-12(17)6-9-7-15-3-4-18-9;/h1-2,5,9,15H,3-4,6-7H2,(H,16,17);1H. The van der Waals surface area contributed by atoms with Gasteiger partial charge in [-0.15, -0.1) is 12.4 Å². The van der Waals surface area contributed by atoms with Gasteiger partial charge in [0.25, 0.3) is 0 Å². The first-order chi connectivity index (χ1) is 8.65. The van der Waals surface area contributed by atoms with Gasteiger partial charge in [-0.25, -0.2) is 0 Å². The van der Waals surface area contributed by atoms with E-state index in [1.807, 2.05) is 0 Å². The number of carbonyl (C=O) groups excluding carboxylic acids is 1. The van der Waals surface area contributed by atoms with Crippen LogP contribution in [0.25, 0.3) is 0 Å². The minimum absolute atomic E-state index is 0. The van der Waals surface area contributed by atoms with Gasteiger partial charge in [-0.2, -0.15) is 0 Å². The molecule has 2 N–H and O–H groups in total. The zero-order valence-electron chi connectivity index (χ0n) is 10.1. The van der Waals surface area contributed by atoms with Crippen LogP contribution in [0.3, 0.4) is 0 Å². The number of anilines is 1. The van der Waals surface area contributed by atoms with Crippen LogP contribution in [0, 0.1) is 0 Å². The van der Waals surface area contributed by atoms with Crippen molar-refractivity contribution in [3.63, 3.8) is 0 Å². The van der Waals surface area contributed by atoms with Crippen LogP contribution in [0.4, 0.5) is 5.69 Å². The fourth-order valence-corrected chi connectivity index (χ4v) is 2.24. The molecule has 1 aliphatic rings. The highest BCUT2D eigenvalue weighted by Gasteiger charge is 2.17. The van der Waals surface area contributed by atoms with Crippen molar-refractivity contribution in [2.75, 3.05) is 25.0 Å². The summed E-state index contributed by atoms with van der Waals surface area (Å²) in [5.74, 6) is -0.0575. The van der Waals surface area contributed by atoms with Crippen molar-refractivity contribution in [3.05, 3.63) is 27.7 Å². The minimum atomic E-state index is -0.0575. The van der Waals surface area contributed by atoms with E-state index in [1.54, 1.807) is 18.2 Å². The van der Waals surface area contributed by atoms with Crippen molar-refractivity contribution in [2.45, 2.75) is 12.5 Å². The van der Waals surface area contributed by atoms with Crippen molar-refractivity contribution >= 4 is 51.5 Å². The Kier molecular flexibility index (Phi) is 7.10. The number of nitrogens with one attached hydrogen (secondary N) is 2. The predicted octanol–water partition coefficient (Wildman–Crippen LogP) is 2.84. The first-order valence-electron chi connectivity index (χ1n) is 5.72. The van der Waals surface area contributed by atoms with E-state index in [0.717, 1.165) is 23.2 Å². The molecule has 0 aromatic heterocycles. The van der Waals surface area contributed by atoms with Crippen molar-refractivity contribution in [2.24, 2.45) is 0 Å². The van der Waals surface area contributed by atoms with Gasteiger partial charge in [0.05, 0.1) is 24.2 Å². The summed E-state index contributed by atoms with van der Waals surface area (Å²) in [5.41, 5.74) is 0.722. The summed E-state index contributed by atoms with van der Waals surface area (Å²) >= 11 is 9.20. The molecule has 2 rings (SSSR count). The average molecular weight is 370 g/mol. The van der Waals surface area contributed by atoms with Crippen LogP contribution in [0.1, 0.15) is 6.42 Å². The molecule has 106 valence electrons. The number of hydrogen-bond donors (Lipinski definition) is 2. The van der Waals surface area contributed by atoms with Gasteiger partial charge in [0.15, 0.2) is 0 Å². The smallest absolute Gasteiger partial charge is 0.227 e. The van der Waals surface area contributed by atoms with Crippen LogP contribution in [-0.4, -0.2) is 31.7 Å². The predicted molar refractivity (Wildman–Crippen MR) is 82.3 cm³/mol. The maximum atomic E-state index is 11.8. The number of morpholine rings is 1.